The van der Waals surface area contributed by atoms with E-state index in [1.165, 1.54) is 6.20 Å². The summed E-state index contributed by atoms with van der Waals surface area (Å²) in [4.78, 5) is 0. The van der Waals surface area contributed by atoms with Crippen molar-refractivity contribution in [3.8, 4) is 18.2 Å². The number of anilines is 1. The van der Waals surface area contributed by atoms with Gasteiger partial charge in [-0.05, 0) is 12.1 Å². The number of fused-ring (bicyclic) bond motifs is 1. The maximum Gasteiger partial charge on any atom is 0.190 e. The van der Waals surface area contributed by atoms with Crippen LogP contribution in [0.3, 0.4) is 0 Å². The van der Waals surface area contributed by atoms with Crippen molar-refractivity contribution in [2.45, 2.75) is 0 Å². The SMILES string of the molecule is N#CC(C#N)=C(C#N)Nc1cccc2cnoc12. The van der Waals surface area contributed by atoms with Gasteiger partial charge in [0.25, 0.3) is 0 Å². The molecule has 1 N–H and O–H groups in total. The molecule has 1 heterocycles. The predicted octanol–water partition coefficient (Wildman–Crippen LogP) is 2.06. The minimum Gasteiger partial charge on any atom is -0.354 e. The lowest BCUT2D eigenvalue weighted by Gasteiger charge is -2.03. The number of para-hydroxylation sites is 1. The van der Waals surface area contributed by atoms with Crippen LogP contribution in [0.15, 0.2) is 40.2 Å². The molecule has 0 aliphatic carbocycles. The molecule has 1 aromatic heterocycles. The van der Waals surface area contributed by atoms with Gasteiger partial charge in [-0.3, -0.25) is 0 Å². The van der Waals surface area contributed by atoms with Crippen LogP contribution in [0.2, 0.25) is 0 Å². The van der Waals surface area contributed by atoms with Gasteiger partial charge in [0, 0.05) is 5.39 Å². The fourth-order valence-electron chi connectivity index (χ4n) is 1.41. The van der Waals surface area contributed by atoms with Crippen molar-refractivity contribution in [1.82, 2.24) is 5.16 Å². The fraction of sp³-hybridized carbons (Fsp3) is 0. The first-order chi connectivity index (χ1) is 8.80. The van der Waals surface area contributed by atoms with E-state index in [1.54, 1.807) is 36.4 Å². The molecule has 6 heteroatoms. The average Bonchev–Trinajstić information content (AvgIpc) is 2.88. The second kappa shape index (κ2) is 4.69. The van der Waals surface area contributed by atoms with E-state index >= 15 is 0 Å². The normalized spacial score (nSPS) is 8.94. The van der Waals surface area contributed by atoms with Gasteiger partial charge in [-0.1, -0.05) is 11.2 Å². The summed E-state index contributed by atoms with van der Waals surface area (Å²) in [6.07, 6.45) is 1.53. The molecular formula is C12H5N5O. The van der Waals surface area contributed by atoms with Gasteiger partial charge in [-0.15, -0.1) is 0 Å². The summed E-state index contributed by atoms with van der Waals surface area (Å²) in [5.41, 5.74) is 0.531. The number of benzene rings is 1. The maximum absolute atomic E-state index is 8.92. The van der Waals surface area contributed by atoms with Crippen LogP contribution in [0, 0.1) is 34.0 Å². The van der Waals surface area contributed by atoms with Gasteiger partial charge < -0.3 is 9.84 Å². The second-order valence-corrected chi connectivity index (χ2v) is 3.26. The number of allylic oxidation sites excluding steroid dienone is 2. The predicted molar refractivity (Wildman–Crippen MR) is 61.5 cm³/mol. The maximum atomic E-state index is 8.92. The van der Waals surface area contributed by atoms with Crippen molar-refractivity contribution >= 4 is 16.7 Å². The minimum absolute atomic E-state index is 0.121. The third-order valence-electron chi connectivity index (χ3n) is 2.23. The Kier molecular flexibility index (Phi) is 2.92. The molecule has 0 unspecified atom stereocenters. The monoisotopic (exact) mass is 235 g/mol. The Morgan fingerprint density at radius 2 is 1.94 bits per heavy atom. The molecule has 18 heavy (non-hydrogen) atoms. The quantitative estimate of drug-likeness (QED) is 0.797. The first-order valence-corrected chi connectivity index (χ1v) is 4.85. The zero-order chi connectivity index (χ0) is 13.0. The van der Waals surface area contributed by atoms with E-state index < -0.39 is 0 Å². The Morgan fingerprint density at radius 1 is 1.17 bits per heavy atom. The van der Waals surface area contributed by atoms with Crippen molar-refractivity contribution in [1.29, 1.82) is 15.8 Å². The molecule has 0 aliphatic rings. The smallest absolute Gasteiger partial charge is 0.190 e. The van der Waals surface area contributed by atoms with Crippen molar-refractivity contribution in [2.75, 3.05) is 5.32 Å². The van der Waals surface area contributed by atoms with E-state index in [4.69, 9.17) is 20.3 Å². The van der Waals surface area contributed by atoms with E-state index in [9.17, 15) is 0 Å². The van der Waals surface area contributed by atoms with E-state index in [2.05, 4.69) is 10.5 Å². The van der Waals surface area contributed by atoms with Crippen LogP contribution in [-0.2, 0) is 0 Å². The number of hydrogen-bond acceptors (Lipinski definition) is 6. The molecular weight excluding hydrogens is 230 g/mol. The molecule has 0 radical (unpaired) electrons. The van der Waals surface area contributed by atoms with Gasteiger partial charge in [0.15, 0.2) is 11.2 Å². The van der Waals surface area contributed by atoms with Gasteiger partial charge in [0.1, 0.15) is 23.9 Å². The second-order valence-electron chi connectivity index (χ2n) is 3.26. The standard InChI is InChI=1S/C12H5N5O/c13-4-9(5-14)11(6-15)17-10-3-1-2-8-7-16-18-12(8)10/h1-3,7,17H. The highest BCUT2D eigenvalue weighted by molar-refractivity contribution is 5.89. The van der Waals surface area contributed by atoms with Crippen LogP contribution in [0.4, 0.5) is 5.69 Å². The zero-order valence-electron chi connectivity index (χ0n) is 9.01. The number of nitrogens with zero attached hydrogens (tertiary/aromatic N) is 4. The van der Waals surface area contributed by atoms with Gasteiger partial charge in [-0.25, -0.2) is 0 Å². The first kappa shape index (κ1) is 11.2. The molecule has 6 nitrogen and oxygen atoms in total. The van der Waals surface area contributed by atoms with Crippen molar-refractivity contribution in [3.63, 3.8) is 0 Å². The Hall–Kier alpha value is -3.30. The summed E-state index contributed by atoms with van der Waals surface area (Å²) >= 11 is 0. The molecule has 0 bridgehead atoms. The molecule has 0 aliphatic heterocycles. The third-order valence-corrected chi connectivity index (χ3v) is 2.23. The van der Waals surface area contributed by atoms with Gasteiger partial charge in [-0.2, -0.15) is 15.8 Å². The summed E-state index contributed by atoms with van der Waals surface area (Å²) in [5.74, 6) is 0. The lowest BCUT2D eigenvalue weighted by Crippen LogP contribution is -2.00. The number of hydrogen-bond donors (Lipinski definition) is 1. The van der Waals surface area contributed by atoms with E-state index in [1.807, 2.05) is 0 Å². The van der Waals surface area contributed by atoms with Crippen molar-refractivity contribution in [3.05, 3.63) is 35.7 Å². The molecule has 0 saturated carbocycles. The Morgan fingerprint density at radius 3 is 2.61 bits per heavy atom. The lowest BCUT2D eigenvalue weighted by atomic mass is 10.2. The third kappa shape index (κ3) is 1.84. The summed E-state index contributed by atoms with van der Waals surface area (Å²) in [7, 11) is 0. The Bertz CT molecular complexity index is 735. The number of aromatic nitrogens is 1. The minimum atomic E-state index is -0.283. The highest BCUT2D eigenvalue weighted by Gasteiger charge is 2.10. The fourth-order valence-corrected chi connectivity index (χ4v) is 1.41. The number of rotatable bonds is 2. The molecule has 1 aromatic carbocycles. The number of nitrogens with one attached hydrogen (secondary N) is 1. The largest absolute Gasteiger partial charge is 0.354 e. The van der Waals surface area contributed by atoms with Crippen LogP contribution in [0.25, 0.3) is 11.0 Å². The van der Waals surface area contributed by atoms with Gasteiger partial charge in [0.2, 0.25) is 0 Å². The Labute approximate surface area is 102 Å². The summed E-state index contributed by atoms with van der Waals surface area (Å²) in [5, 5.41) is 33.5. The van der Waals surface area contributed by atoms with Crippen LogP contribution in [0.5, 0.6) is 0 Å². The van der Waals surface area contributed by atoms with Crippen molar-refractivity contribution in [2.24, 2.45) is 0 Å². The molecule has 0 saturated heterocycles. The molecule has 84 valence electrons. The van der Waals surface area contributed by atoms with Crippen molar-refractivity contribution < 1.29 is 4.52 Å². The molecule has 2 aromatic rings. The summed E-state index contributed by atoms with van der Waals surface area (Å²) in [6, 6.07) is 10.3. The van der Waals surface area contributed by atoms with Gasteiger partial charge >= 0.3 is 0 Å². The summed E-state index contributed by atoms with van der Waals surface area (Å²) < 4.78 is 5.03. The van der Waals surface area contributed by atoms with Crippen LogP contribution < -0.4 is 5.32 Å². The van der Waals surface area contributed by atoms with Crippen LogP contribution in [-0.4, -0.2) is 5.16 Å². The van der Waals surface area contributed by atoms with E-state index in [0.29, 0.717) is 11.3 Å². The van der Waals surface area contributed by atoms with Crippen LogP contribution in [0.1, 0.15) is 0 Å². The van der Waals surface area contributed by atoms with E-state index in [0.717, 1.165) is 5.39 Å². The van der Waals surface area contributed by atoms with E-state index in [-0.39, 0.29) is 11.3 Å². The highest BCUT2D eigenvalue weighted by Crippen LogP contribution is 2.24. The molecule has 2 rings (SSSR count). The molecule has 0 atom stereocenters. The first-order valence-electron chi connectivity index (χ1n) is 4.85. The summed E-state index contributed by atoms with van der Waals surface area (Å²) in [6.45, 7) is 0. The highest BCUT2D eigenvalue weighted by atomic mass is 16.5. The molecule has 0 fully saturated rings. The van der Waals surface area contributed by atoms with Crippen LogP contribution >= 0.6 is 0 Å². The van der Waals surface area contributed by atoms with Gasteiger partial charge in [0.05, 0.1) is 11.9 Å². The Balaban J connectivity index is 2.50. The molecule has 0 amide bonds. The molecule has 0 spiro atoms. The number of nitriles is 3. The topological polar surface area (TPSA) is 109 Å². The average molecular weight is 235 g/mol. The zero-order valence-corrected chi connectivity index (χ0v) is 9.01. The lowest BCUT2D eigenvalue weighted by molar-refractivity contribution is 0.457.